The van der Waals surface area contributed by atoms with Gasteiger partial charge in [0.05, 0.1) is 12.4 Å². The molecule has 1 aromatic heterocycles. The van der Waals surface area contributed by atoms with Crippen LogP contribution in [0.15, 0.2) is 34.2 Å². The van der Waals surface area contributed by atoms with E-state index in [0.717, 1.165) is 18.6 Å². The van der Waals surface area contributed by atoms with Crippen molar-refractivity contribution in [3.05, 3.63) is 34.7 Å². The van der Waals surface area contributed by atoms with Crippen molar-refractivity contribution in [3.8, 4) is 5.75 Å². The Balaban J connectivity index is 1.64. The third kappa shape index (κ3) is 3.58. The maximum atomic E-state index is 12.3. The van der Waals surface area contributed by atoms with Crippen molar-refractivity contribution in [1.29, 1.82) is 0 Å². The van der Waals surface area contributed by atoms with Crippen molar-refractivity contribution < 1.29 is 9.53 Å². The number of amides is 1. The number of hydrogen-bond donors (Lipinski definition) is 2. The van der Waals surface area contributed by atoms with E-state index in [1.807, 2.05) is 0 Å². The summed E-state index contributed by atoms with van der Waals surface area (Å²) in [4.78, 5) is 24.0. The fourth-order valence-corrected chi connectivity index (χ4v) is 3.08. The van der Waals surface area contributed by atoms with Gasteiger partial charge in [-0.3, -0.25) is 9.36 Å². The van der Waals surface area contributed by atoms with E-state index in [2.05, 4.69) is 15.5 Å². The average Bonchev–Trinajstić information content (AvgIpc) is 3.32. The molecule has 0 spiro atoms. The van der Waals surface area contributed by atoms with E-state index < -0.39 is 0 Å². The predicted octanol–water partition coefficient (Wildman–Crippen LogP) is 2.03. The van der Waals surface area contributed by atoms with Crippen LogP contribution in [0, 0.1) is 0 Å². The number of anilines is 1. The highest BCUT2D eigenvalue weighted by Crippen LogP contribution is 2.36. The zero-order valence-corrected chi connectivity index (χ0v) is 13.7. The molecule has 1 atom stereocenters. The van der Waals surface area contributed by atoms with Gasteiger partial charge in [-0.2, -0.15) is 0 Å². The Morgan fingerprint density at radius 2 is 2.13 bits per heavy atom. The standard InChI is InChI=1S/C15H18N4O3S/c1-9(13(20)16-10-3-7-12(22-2)8-4-10)23-15-18-17-14(21)19(15)11-5-6-11/h3-4,7-9,11H,5-6H2,1-2H3,(H,16,20)(H,17,21)/t9-/m0/s1. The molecule has 2 N–H and O–H groups in total. The topological polar surface area (TPSA) is 89.0 Å². The summed E-state index contributed by atoms with van der Waals surface area (Å²) in [7, 11) is 1.59. The van der Waals surface area contributed by atoms with Gasteiger partial charge in [0.15, 0.2) is 5.16 Å². The normalized spacial score (nSPS) is 15.2. The van der Waals surface area contributed by atoms with Gasteiger partial charge in [-0.05, 0) is 44.0 Å². The third-order valence-electron chi connectivity index (χ3n) is 3.59. The third-order valence-corrected chi connectivity index (χ3v) is 4.66. The first-order valence-corrected chi connectivity index (χ1v) is 8.25. The maximum Gasteiger partial charge on any atom is 0.344 e. The number of carbonyl (C=O) groups excluding carboxylic acids is 1. The average molecular weight is 334 g/mol. The van der Waals surface area contributed by atoms with Crippen molar-refractivity contribution >= 4 is 23.4 Å². The Labute approximate surface area is 137 Å². The van der Waals surface area contributed by atoms with Gasteiger partial charge in [-0.25, -0.2) is 9.89 Å². The van der Waals surface area contributed by atoms with E-state index in [9.17, 15) is 9.59 Å². The number of carbonyl (C=O) groups is 1. The lowest BCUT2D eigenvalue weighted by Gasteiger charge is -2.12. The molecule has 8 heteroatoms. The second-order valence-electron chi connectivity index (χ2n) is 5.39. The molecule has 1 aliphatic carbocycles. The van der Waals surface area contributed by atoms with Crippen molar-refractivity contribution in [2.45, 2.75) is 36.2 Å². The maximum absolute atomic E-state index is 12.3. The molecule has 1 aliphatic rings. The summed E-state index contributed by atoms with van der Waals surface area (Å²) < 4.78 is 6.72. The Hall–Kier alpha value is -2.22. The summed E-state index contributed by atoms with van der Waals surface area (Å²) in [6.45, 7) is 1.79. The Kier molecular flexibility index (Phi) is 4.42. The Morgan fingerprint density at radius 1 is 1.43 bits per heavy atom. The first-order chi connectivity index (χ1) is 11.1. The van der Waals surface area contributed by atoms with Crippen molar-refractivity contribution in [2.75, 3.05) is 12.4 Å². The number of thioether (sulfide) groups is 1. The Bertz CT molecular complexity index is 749. The number of benzene rings is 1. The van der Waals surface area contributed by atoms with E-state index in [1.54, 1.807) is 42.9 Å². The summed E-state index contributed by atoms with van der Waals surface area (Å²) in [6.07, 6.45) is 1.97. The first-order valence-electron chi connectivity index (χ1n) is 7.37. The largest absolute Gasteiger partial charge is 0.497 e. The van der Waals surface area contributed by atoms with Gasteiger partial charge in [-0.15, -0.1) is 5.10 Å². The van der Waals surface area contributed by atoms with Crippen LogP contribution in [0.3, 0.4) is 0 Å². The minimum absolute atomic E-state index is 0.141. The zero-order valence-electron chi connectivity index (χ0n) is 12.9. The molecular weight excluding hydrogens is 316 g/mol. The smallest absolute Gasteiger partial charge is 0.344 e. The lowest BCUT2D eigenvalue weighted by atomic mass is 10.3. The second-order valence-corrected chi connectivity index (χ2v) is 6.70. The highest BCUT2D eigenvalue weighted by molar-refractivity contribution is 8.00. The van der Waals surface area contributed by atoms with Crippen molar-refractivity contribution in [2.24, 2.45) is 0 Å². The molecule has 2 aromatic rings. The summed E-state index contributed by atoms with van der Waals surface area (Å²) in [5.74, 6) is 0.591. The lowest BCUT2D eigenvalue weighted by molar-refractivity contribution is -0.115. The van der Waals surface area contributed by atoms with Crippen LogP contribution in [0.1, 0.15) is 25.8 Å². The van der Waals surface area contributed by atoms with Crippen LogP contribution in [-0.4, -0.2) is 33.0 Å². The molecule has 0 radical (unpaired) electrons. The molecule has 3 rings (SSSR count). The van der Waals surface area contributed by atoms with Crippen molar-refractivity contribution in [3.63, 3.8) is 0 Å². The number of hydrogen-bond acceptors (Lipinski definition) is 5. The number of methoxy groups -OCH3 is 1. The van der Waals surface area contributed by atoms with Crippen LogP contribution >= 0.6 is 11.8 Å². The second kappa shape index (κ2) is 6.49. The summed E-state index contributed by atoms with van der Waals surface area (Å²) >= 11 is 1.28. The van der Waals surface area contributed by atoms with Crippen LogP contribution in [0.5, 0.6) is 5.75 Å². The number of nitrogens with zero attached hydrogens (tertiary/aromatic N) is 2. The zero-order chi connectivity index (χ0) is 16.4. The molecule has 0 saturated heterocycles. The van der Waals surface area contributed by atoms with Gasteiger partial charge in [-0.1, -0.05) is 11.8 Å². The van der Waals surface area contributed by atoms with Crippen LogP contribution in [-0.2, 0) is 4.79 Å². The van der Waals surface area contributed by atoms with Gasteiger partial charge in [0.1, 0.15) is 5.75 Å². The van der Waals surface area contributed by atoms with E-state index in [4.69, 9.17) is 4.74 Å². The number of aromatic amines is 1. The number of ether oxygens (including phenoxy) is 1. The minimum atomic E-state index is -0.371. The van der Waals surface area contributed by atoms with Crippen molar-refractivity contribution in [1.82, 2.24) is 14.8 Å². The summed E-state index contributed by atoms with van der Waals surface area (Å²) in [5.41, 5.74) is 0.489. The fraction of sp³-hybridized carbons (Fsp3) is 0.400. The molecule has 1 aromatic carbocycles. The first kappa shape index (κ1) is 15.7. The highest BCUT2D eigenvalue weighted by Gasteiger charge is 2.30. The number of H-pyrrole nitrogens is 1. The number of nitrogens with one attached hydrogen (secondary N) is 2. The molecule has 1 heterocycles. The fourth-order valence-electron chi connectivity index (χ4n) is 2.16. The molecule has 1 saturated carbocycles. The van der Waals surface area contributed by atoms with Crippen LogP contribution < -0.4 is 15.7 Å². The molecule has 0 bridgehead atoms. The molecular formula is C15H18N4O3S. The van der Waals surface area contributed by atoms with E-state index in [1.165, 1.54) is 11.8 Å². The van der Waals surface area contributed by atoms with Gasteiger partial charge >= 0.3 is 5.69 Å². The molecule has 0 unspecified atom stereocenters. The van der Waals surface area contributed by atoms with Crippen LogP contribution in [0.2, 0.25) is 0 Å². The van der Waals surface area contributed by atoms with E-state index in [-0.39, 0.29) is 22.9 Å². The summed E-state index contributed by atoms with van der Waals surface area (Å²) in [6, 6.07) is 7.35. The van der Waals surface area contributed by atoms with Gasteiger partial charge in [0.25, 0.3) is 0 Å². The number of rotatable bonds is 6. The molecule has 122 valence electrons. The lowest BCUT2D eigenvalue weighted by Crippen LogP contribution is -2.23. The van der Waals surface area contributed by atoms with Gasteiger partial charge in [0.2, 0.25) is 5.91 Å². The summed E-state index contributed by atoms with van der Waals surface area (Å²) in [5, 5.41) is 9.51. The molecule has 23 heavy (non-hydrogen) atoms. The Morgan fingerprint density at radius 3 is 2.74 bits per heavy atom. The number of aromatic nitrogens is 3. The highest BCUT2D eigenvalue weighted by atomic mass is 32.2. The quantitative estimate of drug-likeness (QED) is 0.789. The predicted molar refractivity (Wildman–Crippen MR) is 88.1 cm³/mol. The molecule has 7 nitrogen and oxygen atoms in total. The van der Waals surface area contributed by atoms with E-state index in [0.29, 0.717) is 10.8 Å². The van der Waals surface area contributed by atoms with Crippen LogP contribution in [0.4, 0.5) is 5.69 Å². The molecule has 1 fully saturated rings. The van der Waals surface area contributed by atoms with E-state index >= 15 is 0 Å². The molecule has 1 amide bonds. The van der Waals surface area contributed by atoms with Crippen LogP contribution in [0.25, 0.3) is 0 Å². The minimum Gasteiger partial charge on any atom is -0.497 e. The SMILES string of the molecule is COc1ccc(NC(=O)[C@H](C)Sc2n[nH]c(=O)n2C2CC2)cc1. The molecule has 0 aliphatic heterocycles. The monoisotopic (exact) mass is 334 g/mol. The van der Waals surface area contributed by atoms with Gasteiger partial charge in [0, 0.05) is 11.7 Å². The van der Waals surface area contributed by atoms with Gasteiger partial charge < -0.3 is 10.1 Å².